The molecular formula is C15H14BrN3. The van der Waals surface area contributed by atoms with Gasteiger partial charge in [-0.05, 0) is 47.0 Å². The second kappa shape index (κ2) is 4.38. The SMILES string of the molecule is Cc1cc2nc(-c3ccccc3C)c(N)n2cc1Br. The molecule has 4 heteroatoms. The van der Waals surface area contributed by atoms with Crippen LogP contribution in [0.5, 0.6) is 0 Å². The largest absolute Gasteiger partial charge is 0.383 e. The molecule has 96 valence electrons. The second-order valence-corrected chi connectivity index (χ2v) is 5.55. The van der Waals surface area contributed by atoms with Crippen LogP contribution in [-0.2, 0) is 0 Å². The molecule has 0 fully saturated rings. The highest BCUT2D eigenvalue weighted by molar-refractivity contribution is 9.10. The van der Waals surface area contributed by atoms with E-state index in [0.29, 0.717) is 5.82 Å². The number of fused-ring (bicyclic) bond motifs is 1. The number of nitrogens with zero attached hydrogens (tertiary/aromatic N) is 2. The van der Waals surface area contributed by atoms with E-state index >= 15 is 0 Å². The topological polar surface area (TPSA) is 43.3 Å². The smallest absolute Gasteiger partial charge is 0.139 e. The van der Waals surface area contributed by atoms with Crippen LogP contribution in [0, 0.1) is 13.8 Å². The fourth-order valence-electron chi connectivity index (χ4n) is 2.22. The molecule has 0 unspecified atom stereocenters. The van der Waals surface area contributed by atoms with Crippen molar-refractivity contribution in [3.63, 3.8) is 0 Å². The summed E-state index contributed by atoms with van der Waals surface area (Å²) in [6, 6.07) is 10.2. The quantitative estimate of drug-likeness (QED) is 0.738. The molecule has 0 aliphatic carbocycles. The summed E-state index contributed by atoms with van der Waals surface area (Å²) in [6.45, 7) is 4.11. The Hall–Kier alpha value is -1.81. The number of anilines is 1. The minimum absolute atomic E-state index is 0.671. The van der Waals surface area contributed by atoms with Gasteiger partial charge in [0.1, 0.15) is 17.2 Å². The molecule has 0 atom stereocenters. The number of benzene rings is 1. The molecule has 0 bridgehead atoms. The maximum absolute atomic E-state index is 6.24. The van der Waals surface area contributed by atoms with Crippen LogP contribution in [0.1, 0.15) is 11.1 Å². The Labute approximate surface area is 120 Å². The highest BCUT2D eigenvalue weighted by Gasteiger charge is 2.13. The number of imidazole rings is 1. The molecule has 3 aromatic rings. The molecule has 2 aromatic heterocycles. The molecule has 0 radical (unpaired) electrons. The molecule has 2 heterocycles. The van der Waals surface area contributed by atoms with E-state index in [-0.39, 0.29) is 0 Å². The van der Waals surface area contributed by atoms with Crippen LogP contribution < -0.4 is 5.73 Å². The van der Waals surface area contributed by atoms with Gasteiger partial charge in [0.15, 0.2) is 0 Å². The first-order chi connectivity index (χ1) is 9.08. The number of aromatic nitrogens is 2. The van der Waals surface area contributed by atoms with E-state index in [9.17, 15) is 0 Å². The van der Waals surface area contributed by atoms with Crippen LogP contribution in [0.3, 0.4) is 0 Å². The van der Waals surface area contributed by atoms with Gasteiger partial charge in [-0.25, -0.2) is 4.98 Å². The molecule has 1 aromatic carbocycles. The van der Waals surface area contributed by atoms with E-state index in [1.165, 1.54) is 5.56 Å². The number of hydrogen-bond acceptors (Lipinski definition) is 2. The third-order valence-electron chi connectivity index (χ3n) is 3.34. The molecule has 0 aliphatic rings. The van der Waals surface area contributed by atoms with Gasteiger partial charge in [-0.3, -0.25) is 4.40 Å². The Kier molecular flexibility index (Phi) is 2.82. The number of rotatable bonds is 1. The van der Waals surface area contributed by atoms with E-state index < -0.39 is 0 Å². The van der Waals surface area contributed by atoms with E-state index in [4.69, 9.17) is 5.73 Å². The summed E-state index contributed by atoms with van der Waals surface area (Å²) in [7, 11) is 0. The number of aryl methyl sites for hydroxylation is 2. The molecule has 3 nitrogen and oxygen atoms in total. The highest BCUT2D eigenvalue weighted by Crippen LogP contribution is 2.30. The van der Waals surface area contributed by atoms with Crippen molar-refractivity contribution in [2.24, 2.45) is 0 Å². The number of pyridine rings is 1. The van der Waals surface area contributed by atoms with Gasteiger partial charge < -0.3 is 5.73 Å². The van der Waals surface area contributed by atoms with Gasteiger partial charge in [-0.2, -0.15) is 0 Å². The monoisotopic (exact) mass is 315 g/mol. The van der Waals surface area contributed by atoms with Gasteiger partial charge in [0.2, 0.25) is 0 Å². The van der Waals surface area contributed by atoms with Gasteiger partial charge in [0, 0.05) is 16.2 Å². The van der Waals surface area contributed by atoms with Crippen molar-refractivity contribution in [2.45, 2.75) is 13.8 Å². The average molecular weight is 316 g/mol. The Morgan fingerprint density at radius 3 is 2.63 bits per heavy atom. The summed E-state index contributed by atoms with van der Waals surface area (Å²) < 4.78 is 2.94. The van der Waals surface area contributed by atoms with Crippen molar-refractivity contribution < 1.29 is 0 Å². The van der Waals surface area contributed by atoms with E-state index in [1.807, 2.05) is 35.7 Å². The van der Waals surface area contributed by atoms with E-state index in [2.05, 4.69) is 40.0 Å². The number of nitrogen functional groups attached to an aromatic ring is 1. The minimum Gasteiger partial charge on any atom is -0.383 e. The third kappa shape index (κ3) is 1.92. The lowest BCUT2D eigenvalue weighted by Crippen LogP contribution is -1.95. The zero-order valence-electron chi connectivity index (χ0n) is 10.8. The van der Waals surface area contributed by atoms with Gasteiger partial charge in [0.05, 0.1) is 0 Å². The number of halogens is 1. The first kappa shape index (κ1) is 12.2. The maximum atomic E-state index is 6.24. The summed E-state index contributed by atoms with van der Waals surface area (Å²) in [5.41, 5.74) is 11.4. The molecule has 0 saturated heterocycles. The van der Waals surface area contributed by atoms with Crippen LogP contribution in [0.4, 0.5) is 5.82 Å². The summed E-state index contributed by atoms with van der Waals surface area (Å²) in [6.07, 6.45) is 1.97. The van der Waals surface area contributed by atoms with Gasteiger partial charge in [0.25, 0.3) is 0 Å². The van der Waals surface area contributed by atoms with Crippen LogP contribution in [0.15, 0.2) is 41.0 Å². The normalized spacial score (nSPS) is 11.1. The predicted octanol–water partition coefficient (Wildman–Crippen LogP) is 3.96. The molecule has 0 saturated carbocycles. The maximum Gasteiger partial charge on any atom is 0.139 e. The zero-order valence-corrected chi connectivity index (χ0v) is 12.4. The first-order valence-corrected chi connectivity index (χ1v) is 6.87. The third-order valence-corrected chi connectivity index (χ3v) is 4.17. The van der Waals surface area contributed by atoms with Gasteiger partial charge >= 0.3 is 0 Å². The first-order valence-electron chi connectivity index (χ1n) is 6.07. The summed E-state index contributed by atoms with van der Waals surface area (Å²) >= 11 is 3.53. The van der Waals surface area contributed by atoms with Crippen LogP contribution >= 0.6 is 15.9 Å². The van der Waals surface area contributed by atoms with Crippen molar-refractivity contribution in [3.8, 4) is 11.3 Å². The Bertz CT molecular complexity index is 774. The fourth-order valence-corrected chi connectivity index (χ4v) is 2.53. The Balaban J connectivity index is 2.32. The number of hydrogen-bond donors (Lipinski definition) is 1. The standard InChI is InChI=1S/C15H14BrN3/c1-9-5-3-4-6-11(9)14-15(17)19-8-12(16)10(2)7-13(19)18-14/h3-8H,17H2,1-2H3. The van der Waals surface area contributed by atoms with Gasteiger partial charge in [-0.15, -0.1) is 0 Å². The Morgan fingerprint density at radius 2 is 1.89 bits per heavy atom. The molecule has 0 spiro atoms. The predicted molar refractivity (Wildman–Crippen MR) is 82.2 cm³/mol. The van der Waals surface area contributed by atoms with Crippen molar-refractivity contribution in [2.75, 3.05) is 5.73 Å². The lowest BCUT2D eigenvalue weighted by atomic mass is 10.1. The van der Waals surface area contributed by atoms with Crippen LogP contribution in [0.25, 0.3) is 16.9 Å². The van der Waals surface area contributed by atoms with Crippen molar-refractivity contribution in [1.82, 2.24) is 9.38 Å². The second-order valence-electron chi connectivity index (χ2n) is 4.69. The Morgan fingerprint density at radius 1 is 1.16 bits per heavy atom. The zero-order chi connectivity index (χ0) is 13.6. The molecule has 3 rings (SSSR count). The van der Waals surface area contributed by atoms with Crippen molar-refractivity contribution in [1.29, 1.82) is 0 Å². The average Bonchev–Trinajstić information content (AvgIpc) is 2.68. The van der Waals surface area contributed by atoms with E-state index in [0.717, 1.165) is 26.9 Å². The summed E-state index contributed by atoms with van der Waals surface area (Å²) in [5.74, 6) is 0.671. The lowest BCUT2D eigenvalue weighted by molar-refractivity contribution is 1.16. The summed E-state index contributed by atoms with van der Waals surface area (Å²) in [4.78, 5) is 4.66. The van der Waals surface area contributed by atoms with E-state index in [1.54, 1.807) is 0 Å². The minimum atomic E-state index is 0.671. The fraction of sp³-hybridized carbons (Fsp3) is 0.133. The number of nitrogens with two attached hydrogens (primary N) is 1. The molecule has 0 amide bonds. The highest BCUT2D eigenvalue weighted by atomic mass is 79.9. The molecule has 0 aliphatic heterocycles. The molecular weight excluding hydrogens is 302 g/mol. The summed E-state index contributed by atoms with van der Waals surface area (Å²) in [5, 5.41) is 0. The van der Waals surface area contributed by atoms with Crippen molar-refractivity contribution in [3.05, 3.63) is 52.1 Å². The lowest BCUT2D eigenvalue weighted by Gasteiger charge is -2.03. The molecule has 19 heavy (non-hydrogen) atoms. The van der Waals surface area contributed by atoms with Gasteiger partial charge in [-0.1, -0.05) is 24.3 Å². The van der Waals surface area contributed by atoms with Crippen LogP contribution in [-0.4, -0.2) is 9.38 Å². The molecule has 2 N–H and O–H groups in total. The van der Waals surface area contributed by atoms with Crippen LogP contribution in [0.2, 0.25) is 0 Å². The van der Waals surface area contributed by atoms with Crippen molar-refractivity contribution >= 4 is 27.4 Å².